The summed E-state index contributed by atoms with van der Waals surface area (Å²) in [6, 6.07) is 8.71. The molecule has 0 bridgehead atoms. The van der Waals surface area contributed by atoms with Gasteiger partial charge in [-0.3, -0.25) is 5.41 Å². The highest BCUT2D eigenvalue weighted by Gasteiger charge is 1.75. The van der Waals surface area contributed by atoms with Crippen molar-refractivity contribution in [3.63, 3.8) is 0 Å². The van der Waals surface area contributed by atoms with Crippen LogP contribution in [-0.4, -0.2) is 17.1 Å². The molecule has 0 amide bonds. The second kappa shape index (κ2) is 7.33. The van der Waals surface area contributed by atoms with Crippen LogP contribution >= 0.6 is 0 Å². The van der Waals surface area contributed by atoms with Crippen molar-refractivity contribution in [2.75, 3.05) is 0 Å². The van der Waals surface area contributed by atoms with E-state index in [1.165, 1.54) is 0 Å². The van der Waals surface area contributed by atoms with E-state index in [4.69, 9.17) is 10.5 Å². The van der Waals surface area contributed by atoms with Crippen molar-refractivity contribution in [1.29, 1.82) is 5.41 Å². The molecule has 5 N–H and O–H groups in total. The van der Waals surface area contributed by atoms with Gasteiger partial charge in [0, 0.05) is 0 Å². The summed E-state index contributed by atoms with van der Waals surface area (Å²) in [5.41, 5.74) is 6.54. The standard InChI is InChI=1S/C6H6O.C2H4N4O/c7-6-4-2-1-3-5-6;3-2(4)6-5-1-7/h1-5,7H;(H4,3,4,6). The Bertz CT molecular complexity index is 319. The van der Waals surface area contributed by atoms with Crippen LogP contribution in [0.1, 0.15) is 0 Å². The number of phenolic OH excluding ortho intramolecular Hbond substituents is 1. The molecule has 0 aliphatic rings. The Balaban J connectivity index is 0.000000241. The Morgan fingerprint density at radius 3 is 2.29 bits per heavy atom. The number of aromatic hydroxyl groups is 1. The molecule has 1 aromatic carbocycles. The molecule has 0 fully saturated rings. The van der Waals surface area contributed by atoms with E-state index >= 15 is 0 Å². The zero-order valence-electron chi connectivity index (χ0n) is 7.27. The van der Waals surface area contributed by atoms with Gasteiger partial charge in [0.15, 0.2) is 0 Å². The van der Waals surface area contributed by atoms with E-state index in [9.17, 15) is 4.79 Å². The van der Waals surface area contributed by atoms with Gasteiger partial charge < -0.3 is 10.8 Å². The second-order valence-corrected chi connectivity index (χ2v) is 2.06. The normalized spacial score (nSPS) is 7.43. The molecule has 0 atom stereocenters. The molecule has 0 saturated carbocycles. The fourth-order valence-electron chi connectivity index (χ4n) is 0.511. The molecule has 6 nitrogen and oxygen atoms in total. The van der Waals surface area contributed by atoms with Gasteiger partial charge in [0.05, 0.1) is 0 Å². The van der Waals surface area contributed by atoms with E-state index in [0.29, 0.717) is 5.75 Å². The second-order valence-electron chi connectivity index (χ2n) is 2.06. The van der Waals surface area contributed by atoms with Crippen LogP contribution in [0, 0.1) is 5.41 Å². The third-order valence-electron chi connectivity index (χ3n) is 0.978. The van der Waals surface area contributed by atoms with Crippen LogP contribution in [0.4, 0.5) is 0 Å². The van der Waals surface area contributed by atoms with Crippen LogP contribution < -0.4 is 11.2 Å². The van der Waals surface area contributed by atoms with Gasteiger partial charge >= 0.3 is 0 Å². The van der Waals surface area contributed by atoms with E-state index in [1.54, 1.807) is 24.3 Å². The molecule has 0 spiro atoms. The van der Waals surface area contributed by atoms with Gasteiger partial charge in [0.2, 0.25) is 5.96 Å². The van der Waals surface area contributed by atoms with Crippen molar-refractivity contribution in [3.8, 4) is 5.75 Å². The van der Waals surface area contributed by atoms with E-state index < -0.39 is 0 Å². The Morgan fingerprint density at radius 1 is 1.50 bits per heavy atom. The highest BCUT2D eigenvalue weighted by atomic mass is 16.3. The van der Waals surface area contributed by atoms with Crippen LogP contribution in [0.3, 0.4) is 0 Å². The van der Waals surface area contributed by atoms with Crippen LogP contribution in [0.5, 0.6) is 5.75 Å². The average Bonchev–Trinajstić information content (AvgIpc) is 2.17. The molecule has 1 rings (SSSR count). The number of nitrogens with zero attached hydrogens (tertiary/aromatic N) is 1. The van der Waals surface area contributed by atoms with E-state index in [-0.39, 0.29) is 5.96 Å². The number of phenols is 1. The van der Waals surface area contributed by atoms with Crippen LogP contribution in [0.25, 0.3) is 0 Å². The molecule has 0 radical (unpaired) electrons. The number of guanidine groups is 1. The molecule has 6 heteroatoms. The van der Waals surface area contributed by atoms with E-state index in [0.717, 1.165) is 6.08 Å². The van der Waals surface area contributed by atoms with Crippen LogP contribution in [0.15, 0.2) is 35.4 Å². The number of isocyanates is 1. The van der Waals surface area contributed by atoms with Crippen molar-refractivity contribution < 1.29 is 9.90 Å². The van der Waals surface area contributed by atoms with Gasteiger partial charge in [-0.05, 0) is 12.1 Å². The summed E-state index contributed by atoms with van der Waals surface area (Å²) in [7, 11) is 0. The molecular formula is C8H10N4O2. The molecule has 14 heavy (non-hydrogen) atoms. The van der Waals surface area contributed by atoms with Crippen LogP contribution in [0.2, 0.25) is 0 Å². The predicted octanol–water partition coefficient (Wildman–Crippen LogP) is 0.112. The fourth-order valence-corrected chi connectivity index (χ4v) is 0.511. The van der Waals surface area contributed by atoms with Gasteiger partial charge in [-0.1, -0.05) is 23.3 Å². The summed E-state index contributed by atoms with van der Waals surface area (Å²) in [4.78, 5) is 9.20. The molecular weight excluding hydrogens is 184 g/mol. The summed E-state index contributed by atoms with van der Waals surface area (Å²) >= 11 is 0. The number of hydrazone groups is 1. The number of nitrogens with two attached hydrogens (primary N) is 1. The molecule has 74 valence electrons. The van der Waals surface area contributed by atoms with Crippen molar-refractivity contribution in [2.24, 2.45) is 10.8 Å². The van der Waals surface area contributed by atoms with Crippen molar-refractivity contribution in [3.05, 3.63) is 30.3 Å². The Labute approximate surface area is 80.6 Å². The Morgan fingerprint density at radius 2 is 2.07 bits per heavy atom. The lowest BCUT2D eigenvalue weighted by Gasteiger charge is -1.85. The van der Waals surface area contributed by atoms with Gasteiger partial charge in [0.1, 0.15) is 5.75 Å². The van der Waals surface area contributed by atoms with Gasteiger partial charge in [-0.2, -0.15) is 0 Å². The number of nitrogens with one attached hydrogen (secondary N) is 2. The first kappa shape index (κ1) is 11.7. The fraction of sp³-hybridized carbons (Fsp3) is 0. The number of hydrogen-bond acceptors (Lipinski definition) is 4. The highest BCUT2D eigenvalue weighted by Crippen LogP contribution is 2.02. The lowest BCUT2D eigenvalue weighted by Crippen LogP contribution is -2.24. The molecule has 1 aromatic rings. The number of rotatable bonds is 1. The number of carbonyl (C=O) groups excluding carboxylic acids is 1. The lowest BCUT2D eigenvalue weighted by atomic mass is 10.3. The largest absolute Gasteiger partial charge is 0.508 e. The minimum Gasteiger partial charge on any atom is -0.508 e. The molecule has 0 aliphatic heterocycles. The maximum atomic E-state index is 9.20. The van der Waals surface area contributed by atoms with Crippen molar-refractivity contribution in [1.82, 2.24) is 5.43 Å². The van der Waals surface area contributed by atoms with Gasteiger partial charge in [-0.25, -0.2) is 10.2 Å². The monoisotopic (exact) mass is 194 g/mol. The van der Waals surface area contributed by atoms with Crippen molar-refractivity contribution in [2.45, 2.75) is 0 Å². The van der Waals surface area contributed by atoms with Gasteiger partial charge in [-0.15, -0.1) is 0 Å². The van der Waals surface area contributed by atoms with Gasteiger partial charge in [0.25, 0.3) is 6.08 Å². The SMILES string of the molecule is N=C(N)NN=C=O.Oc1ccccc1. The minimum absolute atomic E-state index is 0.322. The van der Waals surface area contributed by atoms with E-state index in [1.807, 2.05) is 11.5 Å². The molecule has 0 aromatic heterocycles. The first-order valence-electron chi connectivity index (χ1n) is 3.57. The average molecular weight is 194 g/mol. The first-order chi connectivity index (χ1) is 6.66. The predicted molar refractivity (Wildman–Crippen MR) is 51.3 cm³/mol. The number of para-hydroxylation sites is 1. The zero-order chi connectivity index (χ0) is 10.8. The van der Waals surface area contributed by atoms with E-state index in [2.05, 4.69) is 10.8 Å². The first-order valence-corrected chi connectivity index (χ1v) is 3.57. The highest BCUT2D eigenvalue weighted by molar-refractivity contribution is 5.74. The summed E-state index contributed by atoms with van der Waals surface area (Å²) in [5.74, 6) is -0.0501. The Kier molecular flexibility index (Phi) is 6.11. The van der Waals surface area contributed by atoms with Crippen molar-refractivity contribution >= 4 is 12.0 Å². The molecule has 0 heterocycles. The summed E-state index contributed by atoms with van der Waals surface area (Å²) in [5, 5.41) is 17.8. The molecule has 0 saturated heterocycles. The lowest BCUT2D eigenvalue weighted by molar-refractivity contribution is 0.475. The maximum absolute atomic E-state index is 9.20. The number of benzene rings is 1. The summed E-state index contributed by atoms with van der Waals surface area (Å²) < 4.78 is 0. The third-order valence-corrected chi connectivity index (χ3v) is 0.978. The third kappa shape index (κ3) is 7.77. The topological polar surface area (TPSA) is 112 Å². The quantitative estimate of drug-likeness (QED) is 0.220. The molecule has 0 aliphatic carbocycles. The summed E-state index contributed by atoms with van der Waals surface area (Å²) in [6.45, 7) is 0. The van der Waals surface area contributed by atoms with Crippen LogP contribution in [-0.2, 0) is 4.79 Å². The molecule has 0 unspecified atom stereocenters. The smallest absolute Gasteiger partial charge is 0.258 e. The zero-order valence-corrected chi connectivity index (χ0v) is 7.27. The maximum Gasteiger partial charge on any atom is 0.258 e. The summed E-state index contributed by atoms with van der Waals surface area (Å²) in [6.07, 6.45) is 1.14. The minimum atomic E-state index is -0.372. The Hall–Kier alpha value is -2.33. The number of hydrogen-bond donors (Lipinski definition) is 4.